The van der Waals surface area contributed by atoms with Crippen LogP contribution in [0.3, 0.4) is 0 Å². The van der Waals surface area contributed by atoms with E-state index >= 15 is 0 Å². The summed E-state index contributed by atoms with van der Waals surface area (Å²) in [6, 6.07) is 9.68. The number of nitrogens with one attached hydrogen (secondary N) is 1. The van der Waals surface area contributed by atoms with Crippen molar-refractivity contribution in [1.29, 1.82) is 0 Å². The highest BCUT2D eigenvalue weighted by Crippen LogP contribution is 2.29. The van der Waals surface area contributed by atoms with Gasteiger partial charge in [-0.2, -0.15) is 5.10 Å². The summed E-state index contributed by atoms with van der Waals surface area (Å²) in [4.78, 5) is 12.8. The molecule has 0 aliphatic heterocycles. The summed E-state index contributed by atoms with van der Waals surface area (Å²) in [7, 11) is 3.44. The molecule has 0 atom stereocenters. The molecule has 0 saturated heterocycles. The highest BCUT2D eigenvalue weighted by Gasteiger charge is 2.16. The van der Waals surface area contributed by atoms with Crippen LogP contribution in [0.2, 0.25) is 0 Å². The van der Waals surface area contributed by atoms with Crippen LogP contribution >= 0.6 is 0 Å². The summed E-state index contributed by atoms with van der Waals surface area (Å²) in [5.74, 6) is 0.348. The Morgan fingerprint density at radius 3 is 2.35 bits per heavy atom. The van der Waals surface area contributed by atoms with Crippen LogP contribution in [0.25, 0.3) is 11.1 Å². The van der Waals surface area contributed by atoms with Gasteiger partial charge in [-0.3, -0.25) is 9.48 Å². The number of carbonyl (C=O) groups excluding carboxylic acids is 1. The fourth-order valence-electron chi connectivity index (χ4n) is 3.19. The van der Waals surface area contributed by atoms with Crippen molar-refractivity contribution < 1.29 is 9.53 Å². The van der Waals surface area contributed by atoms with E-state index in [1.807, 2.05) is 46.1 Å². The van der Waals surface area contributed by atoms with Crippen LogP contribution in [0.4, 0.5) is 5.69 Å². The van der Waals surface area contributed by atoms with Crippen LogP contribution in [0.5, 0.6) is 5.75 Å². The van der Waals surface area contributed by atoms with Gasteiger partial charge in [-0.25, -0.2) is 0 Å². The van der Waals surface area contributed by atoms with Crippen LogP contribution in [0.1, 0.15) is 27.0 Å². The van der Waals surface area contributed by atoms with Crippen LogP contribution in [0.15, 0.2) is 42.7 Å². The second kappa shape index (κ2) is 7.04. The fourth-order valence-corrected chi connectivity index (χ4v) is 3.19. The molecular formula is C21H23N3O2. The fraction of sp³-hybridized carbons (Fsp3) is 0.238. The van der Waals surface area contributed by atoms with Crippen molar-refractivity contribution in [2.24, 2.45) is 7.05 Å². The van der Waals surface area contributed by atoms with E-state index in [0.717, 1.165) is 27.9 Å². The van der Waals surface area contributed by atoms with Crippen LogP contribution in [-0.4, -0.2) is 22.8 Å². The average molecular weight is 349 g/mol. The molecule has 2 aromatic carbocycles. The lowest BCUT2D eigenvalue weighted by Crippen LogP contribution is -2.15. The molecule has 5 nitrogen and oxygen atoms in total. The summed E-state index contributed by atoms with van der Waals surface area (Å²) in [5.41, 5.74) is 6.54. The predicted molar refractivity (Wildman–Crippen MR) is 104 cm³/mol. The molecule has 1 N–H and O–H groups in total. The second-order valence-electron chi connectivity index (χ2n) is 6.55. The SMILES string of the molecule is COc1cc(-c2cnn(C)c2)ccc1C(=O)Nc1c(C)cc(C)cc1C. The van der Waals surface area contributed by atoms with Gasteiger partial charge in [0.25, 0.3) is 5.91 Å². The number of anilines is 1. The third kappa shape index (κ3) is 3.47. The molecule has 0 unspecified atom stereocenters. The number of hydrogen-bond acceptors (Lipinski definition) is 3. The minimum atomic E-state index is -0.186. The molecule has 1 heterocycles. The van der Waals surface area contributed by atoms with Crippen molar-refractivity contribution in [3.8, 4) is 16.9 Å². The van der Waals surface area contributed by atoms with Crippen molar-refractivity contribution in [3.63, 3.8) is 0 Å². The van der Waals surface area contributed by atoms with Crippen molar-refractivity contribution in [2.45, 2.75) is 20.8 Å². The maximum atomic E-state index is 12.8. The minimum Gasteiger partial charge on any atom is -0.496 e. The molecule has 5 heteroatoms. The lowest BCUT2D eigenvalue weighted by molar-refractivity contribution is 0.102. The Balaban J connectivity index is 1.92. The molecule has 0 radical (unpaired) electrons. The van der Waals surface area contributed by atoms with E-state index in [4.69, 9.17) is 4.74 Å². The Bertz CT molecular complexity index is 950. The zero-order valence-electron chi connectivity index (χ0n) is 15.8. The van der Waals surface area contributed by atoms with Crippen LogP contribution < -0.4 is 10.1 Å². The standard InChI is InChI=1S/C21H23N3O2/c1-13-8-14(2)20(15(3)9-13)23-21(25)18-7-6-16(10-19(18)26-5)17-11-22-24(4)12-17/h6-12H,1-5H3,(H,23,25). The summed E-state index contributed by atoms with van der Waals surface area (Å²) >= 11 is 0. The molecule has 0 spiro atoms. The molecule has 3 rings (SSSR count). The van der Waals surface area contributed by atoms with E-state index in [-0.39, 0.29) is 5.91 Å². The topological polar surface area (TPSA) is 56.2 Å². The molecule has 3 aromatic rings. The number of methoxy groups -OCH3 is 1. The first-order valence-corrected chi connectivity index (χ1v) is 8.45. The Hall–Kier alpha value is -3.08. The number of aryl methyl sites for hydroxylation is 4. The number of rotatable bonds is 4. The zero-order valence-corrected chi connectivity index (χ0v) is 15.8. The van der Waals surface area contributed by atoms with Gasteiger partial charge in [-0.15, -0.1) is 0 Å². The smallest absolute Gasteiger partial charge is 0.259 e. The highest BCUT2D eigenvalue weighted by atomic mass is 16.5. The van der Waals surface area contributed by atoms with E-state index in [1.165, 1.54) is 5.56 Å². The molecule has 1 aromatic heterocycles. The highest BCUT2D eigenvalue weighted by molar-refractivity contribution is 6.07. The first-order valence-electron chi connectivity index (χ1n) is 8.45. The normalized spacial score (nSPS) is 10.7. The third-order valence-electron chi connectivity index (χ3n) is 4.40. The van der Waals surface area contributed by atoms with Crippen molar-refractivity contribution in [3.05, 3.63) is 65.0 Å². The minimum absolute atomic E-state index is 0.186. The van der Waals surface area contributed by atoms with Gasteiger partial charge in [0.15, 0.2) is 0 Å². The molecular weight excluding hydrogens is 326 g/mol. The quantitative estimate of drug-likeness (QED) is 0.765. The van der Waals surface area contributed by atoms with Gasteiger partial charge in [0, 0.05) is 24.5 Å². The van der Waals surface area contributed by atoms with Crippen molar-refractivity contribution >= 4 is 11.6 Å². The van der Waals surface area contributed by atoms with Gasteiger partial charge in [0.2, 0.25) is 0 Å². The van der Waals surface area contributed by atoms with Gasteiger partial charge < -0.3 is 10.1 Å². The monoisotopic (exact) mass is 349 g/mol. The second-order valence-corrected chi connectivity index (χ2v) is 6.55. The molecule has 0 fully saturated rings. The number of nitrogens with zero attached hydrogens (tertiary/aromatic N) is 2. The number of ether oxygens (including phenoxy) is 1. The Kier molecular flexibility index (Phi) is 4.80. The largest absolute Gasteiger partial charge is 0.496 e. The Labute approximate surface area is 153 Å². The van der Waals surface area contributed by atoms with Gasteiger partial charge >= 0.3 is 0 Å². The van der Waals surface area contributed by atoms with E-state index in [0.29, 0.717) is 11.3 Å². The Morgan fingerprint density at radius 2 is 1.77 bits per heavy atom. The van der Waals surface area contributed by atoms with Crippen LogP contribution in [0, 0.1) is 20.8 Å². The molecule has 1 amide bonds. The van der Waals surface area contributed by atoms with E-state index < -0.39 is 0 Å². The number of carbonyl (C=O) groups is 1. The summed E-state index contributed by atoms with van der Waals surface area (Å²) in [5, 5.41) is 7.21. The number of benzene rings is 2. The van der Waals surface area contributed by atoms with Gasteiger partial charge in [-0.1, -0.05) is 23.8 Å². The number of aromatic nitrogens is 2. The maximum absolute atomic E-state index is 12.8. The average Bonchev–Trinajstić information content (AvgIpc) is 3.03. The maximum Gasteiger partial charge on any atom is 0.259 e. The predicted octanol–water partition coefficient (Wildman–Crippen LogP) is 4.27. The number of hydrogen-bond donors (Lipinski definition) is 1. The first kappa shape index (κ1) is 17.7. The van der Waals surface area contributed by atoms with E-state index in [9.17, 15) is 4.79 Å². The summed E-state index contributed by atoms with van der Waals surface area (Å²) < 4.78 is 7.21. The third-order valence-corrected chi connectivity index (χ3v) is 4.40. The molecule has 134 valence electrons. The lowest BCUT2D eigenvalue weighted by atomic mass is 10.0. The summed E-state index contributed by atoms with van der Waals surface area (Å²) in [6.07, 6.45) is 3.71. The van der Waals surface area contributed by atoms with Gasteiger partial charge in [0.1, 0.15) is 5.75 Å². The molecule has 0 aliphatic rings. The first-order chi connectivity index (χ1) is 12.4. The van der Waals surface area contributed by atoms with Gasteiger partial charge in [0.05, 0.1) is 18.9 Å². The number of amides is 1. The zero-order chi connectivity index (χ0) is 18.8. The molecule has 0 bridgehead atoms. The van der Waals surface area contributed by atoms with Crippen molar-refractivity contribution in [2.75, 3.05) is 12.4 Å². The molecule has 26 heavy (non-hydrogen) atoms. The molecule has 0 aliphatic carbocycles. The lowest BCUT2D eigenvalue weighted by Gasteiger charge is -2.15. The van der Waals surface area contributed by atoms with E-state index in [2.05, 4.69) is 22.5 Å². The van der Waals surface area contributed by atoms with Crippen molar-refractivity contribution in [1.82, 2.24) is 9.78 Å². The van der Waals surface area contributed by atoms with Crippen LogP contribution in [-0.2, 0) is 7.05 Å². The van der Waals surface area contributed by atoms with Gasteiger partial charge in [-0.05, 0) is 49.6 Å². The summed E-state index contributed by atoms with van der Waals surface area (Å²) in [6.45, 7) is 6.04. The van der Waals surface area contributed by atoms with E-state index in [1.54, 1.807) is 24.1 Å². The Morgan fingerprint density at radius 1 is 1.08 bits per heavy atom. The molecule has 0 saturated carbocycles.